The van der Waals surface area contributed by atoms with Crippen molar-refractivity contribution in [2.24, 2.45) is 0 Å². The number of nitrogens with one attached hydrogen (secondary N) is 3. The molecule has 0 saturated carbocycles. The zero-order chi connectivity index (χ0) is 17.5. The summed E-state index contributed by atoms with van der Waals surface area (Å²) in [6.45, 7) is 2.14. The highest BCUT2D eigenvalue weighted by atomic mass is 35.5. The van der Waals surface area contributed by atoms with Crippen LogP contribution < -0.4 is 16.0 Å². The second-order valence-electron chi connectivity index (χ2n) is 5.99. The van der Waals surface area contributed by atoms with Crippen LogP contribution in [0, 0.1) is 0 Å². The SMILES string of the molecule is Cl.O=C(CCNC(=O)c1cn(C2CCNCC2)nn1)Nc1ccccc1. The van der Waals surface area contributed by atoms with Gasteiger partial charge in [-0.2, -0.15) is 0 Å². The van der Waals surface area contributed by atoms with Crippen LogP contribution in [0.4, 0.5) is 5.69 Å². The van der Waals surface area contributed by atoms with Crippen molar-refractivity contribution >= 4 is 29.9 Å². The van der Waals surface area contributed by atoms with E-state index in [1.807, 2.05) is 30.3 Å². The van der Waals surface area contributed by atoms with Gasteiger partial charge in [0.05, 0.1) is 12.2 Å². The van der Waals surface area contributed by atoms with Crippen molar-refractivity contribution in [1.82, 2.24) is 25.6 Å². The number of para-hydroxylation sites is 1. The molecule has 8 nitrogen and oxygen atoms in total. The lowest BCUT2D eigenvalue weighted by molar-refractivity contribution is -0.116. The van der Waals surface area contributed by atoms with Gasteiger partial charge in [-0.1, -0.05) is 23.4 Å². The van der Waals surface area contributed by atoms with Crippen molar-refractivity contribution in [3.8, 4) is 0 Å². The Labute approximate surface area is 158 Å². The quantitative estimate of drug-likeness (QED) is 0.705. The van der Waals surface area contributed by atoms with E-state index in [-0.39, 0.29) is 48.9 Å². The molecule has 1 aliphatic rings. The molecule has 1 aromatic heterocycles. The summed E-state index contributed by atoms with van der Waals surface area (Å²) in [7, 11) is 0. The average Bonchev–Trinajstić information content (AvgIpc) is 3.13. The fraction of sp³-hybridized carbons (Fsp3) is 0.412. The maximum atomic E-state index is 12.1. The van der Waals surface area contributed by atoms with E-state index in [9.17, 15) is 9.59 Å². The number of anilines is 1. The number of amides is 2. The zero-order valence-electron chi connectivity index (χ0n) is 14.4. The number of carbonyl (C=O) groups is 2. The number of piperidine rings is 1. The number of halogens is 1. The Hall–Kier alpha value is -2.45. The number of rotatable bonds is 6. The third-order valence-electron chi connectivity index (χ3n) is 4.12. The summed E-state index contributed by atoms with van der Waals surface area (Å²) in [6.07, 6.45) is 3.83. The van der Waals surface area contributed by atoms with Crippen LogP contribution >= 0.6 is 12.4 Å². The van der Waals surface area contributed by atoms with E-state index in [4.69, 9.17) is 0 Å². The molecule has 140 valence electrons. The molecule has 0 radical (unpaired) electrons. The van der Waals surface area contributed by atoms with E-state index in [1.165, 1.54) is 0 Å². The van der Waals surface area contributed by atoms with E-state index < -0.39 is 0 Å². The average molecular weight is 379 g/mol. The predicted octanol–water partition coefficient (Wildman–Crippen LogP) is 1.38. The van der Waals surface area contributed by atoms with E-state index in [1.54, 1.807) is 10.9 Å². The van der Waals surface area contributed by atoms with Crippen molar-refractivity contribution in [3.63, 3.8) is 0 Å². The zero-order valence-corrected chi connectivity index (χ0v) is 15.2. The van der Waals surface area contributed by atoms with Gasteiger partial charge in [0, 0.05) is 18.7 Å². The summed E-state index contributed by atoms with van der Waals surface area (Å²) in [4.78, 5) is 24.0. The summed E-state index contributed by atoms with van der Waals surface area (Å²) in [6, 6.07) is 9.50. The Kier molecular flexibility index (Phi) is 7.55. The monoisotopic (exact) mass is 378 g/mol. The number of aromatic nitrogens is 3. The van der Waals surface area contributed by atoms with Crippen molar-refractivity contribution in [2.45, 2.75) is 25.3 Å². The molecule has 2 amide bonds. The van der Waals surface area contributed by atoms with E-state index in [0.717, 1.165) is 31.6 Å². The molecule has 1 aromatic carbocycles. The van der Waals surface area contributed by atoms with Crippen LogP contribution in [0.1, 0.15) is 35.8 Å². The third kappa shape index (κ3) is 5.53. The molecule has 0 aliphatic carbocycles. The van der Waals surface area contributed by atoms with Crippen molar-refractivity contribution in [1.29, 1.82) is 0 Å². The Balaban J connectivity index is 0.00000243. The second kappa shape index (κ2) is 9.88. The summed E-state index contributed by atoms with van der Waals surface area (Å²) in [5, 5.41) is 16.8. The molecule has 2 heterocycles. The first-order chi connectivity index (χ1) is 12.2. The van der Waals surface area contributed by atoms with Crippen molar-refractivity contribution < 1.29 is 9.59 Å². The maximum Gasteiger partial charge on any atom is 0.273 e. The van der Waals surface area contributed by atoms with Crippen molar-refractivity contribution in [3.05, 3.63) is 42.2 Å². The van der Waals surface area contributed by atoms with Crippen LogP contribution in [0.15, 0.2) is 36.5 Å². The molecule has 0 bridgehead atoms. The number of benzene rings is 1. The highest BCUT2D eigenvalue weighted by Crippen LogP contribution is 2.16. The van der Waals surface area contributed by atoms with E-state index in [0.29, 0.717) is 0 Å². The van der Waals surface area contributed by atoms with Gasteiger partial charge in [-0.15, -0.1) is 17.5 Å². The number of hydrogen-bond donors (Lipinski definition) is 3. The Morgan fingerprint density at radius 1 is 1.19 bits per heavy atom. The fourth-order valence-corrected chi connectivity index (χ4v) is 2.76. The molecule has 0 atom stereocenters. The molecule has 1 saturated heterocycles. The van der Waals surface area contributed by atoms with Gasteiger partial charge in [0.1, 0.15) is 0 Å². The molecule has 3 N–H and O–H groups in total. The van der Waals surface area contributed by atoms with Gasteiger partial charge in [0.2, 0.25) is 5.91 Å². The Bertz CT molecular complexity index is 715. The van der Waals surface area contributed by atoms with Crippen LogP contribution in [0.25, 0.3) is 0 Å². The number of carbonyl (C=O) groups excluding carboxylic acids is 2. The molecule has 26 heavy (non-hydrogen) atoms. The number of nitrogens with zero attached hydrogens (tertiary/aromatic N) is 3. The maximum absolute atomic E-state index is 12.1. The largest absolute Gasteiger partial charge is 0.350 e. The summed E-state index contributed by atoms with van der Waals surface area (Å²) in [5.74, 6) is -0.461. The van der Waals surface area contributed by atoms with Gasteiger partial charge < -0.3 is 16.0 Å². The lowest BCUT2D eigenvalue weighted by atomic mass is 10.1. The summed E-state index contributed by atoms with van der Waals surface area (Å²) < 4.78 is 1.76. The highest BCUT2D eigenvalue weighted by Gasteiger charge is 2.18. The molecule has 0 spiro atoms. The fourth-order valence-electron chi connectivity index (χ4n) is 2.76. The van der Waals surface area contributed by atoms with Crippen LogP contribution in [0.3, 0.4) is 0 Å². The Morgan fingerprint density at radius 2 is 1.92 bits per heavy atom. The lowest BCUT2D eigenvalue weighted by Crippen LogP contribution is -2.29. The van der Waals surface area contributed by atoms with Crippen LogP contribution in [-0.4, -0.2) is 46.4 Å². The van der Waals surface area contributed by atoms with E-state index in [2.05, 4.69) is 26.3 Å². The van der Waals surface area contributed by atoms with E-state index >= 15 is 0 Å². The minimum atomic E-state index is -0.312. The second-order valence-corrected chi connectivity index (χ2v) is 5.99. The number of hydrogen-bond acceptors (Lipinski definition) is 5. The topological polar surface area (TPSA) is 101 Å². The minimum Gasteiger partial charge on any atom is -0.350 e. The molecule has 0 unspecified atom stereocenters. The van der Waals surface area contributed by atoms with Gasteiger partial charge in [0.15, 0.2) is 5.69 Å². The molecule has 1 fully saturated rings. The minimum absolute atomic E-state index is 0. The molecule has 1 aliphatic heterocycles. The summed E-state index contributed by atoms with van der Waals surface area (Å²) in [5.41, 5.74) is 1.02. The molecular weight excluding hydrogens is 356 g/mol. The van der Waals surface area contributed by atoms with Gasteiger partial charge in [-0.05, 0) is 38.1 Å². The normalized spacial score (nSPS) is 14.3. The smallest absolute Gasteiger partial charge is 0.273 e. The molecular formula is C17H23ClN6O2. The molecule has 3 rings (SSSR count). The van der Waals surface area contributed by atoms with Crippen molar-refractivity contribution in [2.75, 3.05) is 25.0 Å². The third-order valence-corrected chi connectivity index (χ3v) is 4.12. The Morgan fingerprint density at radius 3 is 2.65 bits per heavy atom. The lowest BCUT2D eigenvalue weighted by Gasteiger charge is -2.22. The van der Waals surface area contributed by atoms with Crippen LogP contribution in [0.5, 0.6) is 0 Å². The highest BCUT2D eigenvalue weighted by molar-refractivity contribution is 5.93. The van der Waals surface area contributed by atoms with Gasteiger partial charge in [-0.3, -0.25) is 9.59 Å². The predicted molar refractivity (Wildman–Crippen MR) is 100 cm³/mol. The van der Waals surface area contributed by atoms with Gasteiger partial charge >= 0.3 is 0 Å². The molecule has 2 aromatic rings. The van der Waals surface area contributed by atoms with Gasteiger partial charge in [0.25, 0.3) is 5.91 Å². The summed E-state index contributed by atoms with van der Waals surface area (Å²) >= 11 is 0. The van der Waals surface area contributed by atoms with Crippen LogP contribution in [-0.2, 0) is 4.79 Å². The standard InChI is InChI=1S/C17H22N6O2.ClH/c24-16(20-13-4-2-1-3-5-13)8-11-19-17(25)15-12-23(22-21-15)14-6-9-18-10-7-14;/h1-5,12,14,18H,6-11H2,(H,19,25)(H,20,24);1H. The van der Waals surface area contributed by atoms with Crippen LogP contribution in [0.2, 0.25) is 0 Å². The first-order valence-electron chi connectivity index (χ1n) is 8.48. The first kappa shape index (κ1) is 19.9. The molecule has 9 heteroatoms. The van der Waals surface area contributed by atoms with Gasteiger partial charge in [-0.25, -0.2) is 4.68 Å². The first-order valence-corrected chi connectivity index (χ1v) is 8.48.